The molecule has 4 nitrogen and oxygen atoms in total. The smallest absolute Gasteiger partial charge is 0.226 e. The number of amides is 1. The van der Waals surface area contributed by atoms with Gasteiger partial charge in [0, 0.05) is 17.7 Å². The van der Waals surface area contributed by atoms with E-state index < -0.39 is 11.6 Å². The predicted octanol–water partition coefficient (Wildman–Crippen LogP) is 5.51. The van der Waals surface area contributed by atoms with Crippen molar-refractivity contribution in [3.63, 3.8) is 0 Å². The molecule has 1 aromatic heterocycles. The predicted molar refractivity (Wildman–Crippen MR) is 102 cm³/mol. The third kappa shape index (κ3) is 6.64. The van der Waals surface area contributed by atoms with Crippen LogP contribution in [0.2, 0.25) is 0 Å². The molecule has 0 aliphatic rings. The Bertz CT molecular complexity index is 739. The maximum atomic E-state index is 13.6. The van der Waals surface area contributed by atoms with Crippen molar-refractivity contribution in [2.24, 2.45) is 11.3 Å². The van der Waals surface area contributed by atoms with Crippen molar-refractivity contribution in [1.82, 2.24) is 10.2 Å². The standard InChI is InChI=1S/C18H23F2N3OS2/c1-11(9-18(2,3)4)8-15(24)21-16-22-23-17(26-16)25-10-12-13(19)6-5-7-14(12)20/h5-7,11H,8-10H2,1-4H3,(H,21,22,24)/t11-/m1/s1. The summed E-state index contributed by atoms with van der Waals surface area (Å²) in [6.45, 7) is 8.49. The molecule has 0 aliphatic heterocycles. The van der Waals surface area contributed by atoms with Gasteiger partial charge in [-0.2, -0.15) is 0 Å². The number of halogens is 2. The number of hydrogen-bond donors (Lipinski definition) is 1. The lowest BCUT2D eigenvalue weighted by atomic mass is 9.84. The van der Waals surface area contributed by atoms with E-state index in [1.165, 1.54) is 41.3 Å². The van der Waals surface area contributed by atoms with Crippen LogP contribution in [0.25, 0.3) is 0 Å². The molecular weight excluding hydrogens is 376 g/mol. The molecule has 26 heavy (non-hydrogen) atoms. The van der Waals surface area contributed by atoms with E-state index in [2.05, 4.69) is 43.2 Å². The topological polar surface area (TPSA) is 54.9 Å². The van der Waals surface area contributed by atoms with Gasteiger partial charge in [0.15, 0.2) is 4.34 Å². The van der Waals surface area contributed by atoms with Crippen molar-refractivity contribution < 1.29 is 13.6 Å². The van der Waals surface area contributed by atoms with Gasteiger partial charge < -0.3 is 5.32 Å². The second-order valence-corrected chi connectivity index (χ2v) is 9.68. The molecule has 0 spiro atoms. The van der Waals surface area contributed by atoms with Crippen LogP contribution in [0.4, 0.5) is 13.9 Å². The van der Waals surface area contributed by atoms with E-state index in [9.17, 15) is 13.6 Å². The first-order valence-electron chi connectivity index (χ1n) is 8.33. The molecule has 142 valence electrons. The number of hydrogen-bond acceptors (Lipinski definition) is 5. The second kappa shape index (κ2) is 8.90. The lowest BCUT2D eigenvalue weighted by molar-refractivity contribution is -0.117. The Kier molecular flexibility index (Phi) is 7.11. The van der Waals surface area contributed by atoms with Crippen LogP contribution in [0.3, 0.4) is 0 Å². The maximum absolute atomic E-state index is 13.6. The van der Waals surface area contributed by atoms with Crippen LogP contribution in [0.1, 0.15) is 46.1 Å². The maximum Gasteiger partial charge on any atom is 0.226 e. The third-order valence-electron chi connectivity index (χ3n) is 3.55. The summed E-state index contributed by atoms with van der Waals surface area (Å²) < 4.78 is 27.8. The highest BCUT2D eigenvalue weighted by atomic mass is 32.2. The Morgan fingerprint density at radius 1 is 1.27 bits per heavy atom. The fourth-order valence-corrected chi connectivity index (χ4v) is 4.51. The molecular formula is C18H23F2N3OS2. The summed E-state index contributed by atoms with van der Waals surface area (Å²) in [4.78, 5) is 12.1. The fraction of sp³-hybridized carbons (Fsp3) is 0.500. The van der Waals surface area contributed by atoms with Gasteiger partial charge in [0.1, 0.15) is 11.6 Å². The minimum Gasteiger partial charge on any atom is -0.300 e. The first-order chi connectivity index (χ1) is 12.1. The van der Waals surface area contributed by atoms with Gasteiger partial charge in [0.05, 0.1) is 0 Å². The van der Waals surface area contributed by atoms with Crippen molar-refractivity contribution in [3.8, 4) is 0 Å². The van der Waals surface area contributed by atoms with E-state index in [4.69, 9.17) is 0 Å². The summed E-state index contributed by atoms with van der Waals surface area (Å²) in [6, 6.07) is 3.78. The van der Waals surface area contributed by atoms with Gasteiger partial charge >= 0.3 is 0 Å². The molecule has 1 N–H and O–H groups in total. The molecule has 0 fully saturated rings. The second-order valence-electron chi connectivity index (χ2n) is 7.48. The molecule has 0 unspecified atom stereocenters. The fourth-order valence-electron chi connectivity index (χ4n) is 2.73. The summed E-state index contributed by atoms with van der Waals surface area (Å²) in [5.74, 6) is -0.883. The largest absolute Gasteiger partial charge is 0.300 e. The van der Waals surface area contributed by atoms with Crippen molar-refractivity contribution in [3.05, 3.63) is 35.4 Å². The summed E-state index contributed by atoms with van der Waals surface area (Å²) in [5, 5.41) is 11.0. The number of thioether (sulfide) groups is 1. The van der Waals surface area contributed by atoms with E-state index >= 15 is 0 Å². The summed E-state index contributed by atoms with van der Waals surface area (Å²) >= 11 is 2.38. The molecule has 0 saturated heterocycles. The Morgan fingerprint density at radius 3 is 2.54 bits per heavy atom. The highest BCUT2D eigenvalue weighted by Crippen LogP contribution is 2.30. The number of benzene rings is 1. The van der Waals surface area contributed by atoms with E-state index in [1.807, 2.05) is 0 Å². The molecule has 8 heteroatoms. The van der Waals surface area contributed by atoms with Crippen LogP contribution in [0.5, 0.6) is 0 Å². The normalized spacial score (nSPS) is 12.8. The Morgan fingerprint density at radius 2 is 1.92 bits per heavy atom. The van der Waals surface area contributed by atoms with E-state index in [-0.39, 0.29) is 28.6 Å². The zero-order valence-corrected chi connectivity index (χ0v) is 16.9. The number of carbonyl (C=O) groups is 1. The molecule has 0 bridgehead atoms. The third-order valence-corrected chi connectivity index (χ3v) is 5.55. The van der Waals surface area contributed by atoms with Crippen molar-refractivity contribution in [2.75, 3.05) is 5.32 Å². The van der Waals surface area contributed by atoms with Gasteiger partial charge in [-0.3, -0.25) is 4.79 Å². The van der Waals surface area contributed by atoms with Gasteiger partial charge in [0.2, 0.25) is 11.0 Å². The lowest BCUT2D eigenvalue weighted by Gasteiger charge is -2.22. The van der Waals surface area contributed by atoms with Crippen molar-refractivity contribution in [2.45, 2.75) is 50.6 Å². The zero-order chi connectivity index (χ0) is 19.3. The van der Waals surface area contributed by atoms with Crippen LogP contribution >= 0.6 is 23.1 Å². The number of anilines is 1. The van der Waals surface area contributed by atoms with Gasteiger partial charge in [-0.05, 0) is 29.9 Å². The van der Waals surface area contributed by atoms with Gasteiger partial charge in [-0.1, -0.05) is 56.9 Å². The minimum atomic E-state index is -0.580. The molecule has 0 saturated carbocycles. The van der Waals surface area contributed by atoms with Gasteiger partial charge in [-0.15, -0.1) is 10.2 Å². The minimum absolute atomic E-state index is 0.00860. The number of aromatic nitrogens is 2. The monoisotopic (exact) mass is 399 g/mol. The number of nitrogens with zero attached hydrogens (tertiary/aromatic N) is 2. The molecule has 0 radical (unpaired) electrons. The van der Waals surface area contributed by atoms with Crippen molar-refractivity contribution in [1.29, 1.82) is 0 Å². The summed E-state index contributed by atoms with van der Waals surface area (Å²) in [5.41, 5.74) is 0.183. The summed E-state index contributed by atoms with van der Waals surface area (Å²) in [6.07, 6.45) is 1.37. The Labute approximate surface area is 160 Å². The quantitative estimate of drug-likeness (QED) is 0.493. The lowest BCUT2D eigenvalue weighted by Crippen LogP contribution is -2.18. The van der Waals surface area contributed by atoms with E-state index in [1.54, 1.807) is 0 Å². The highest BCUT2D eigenvalue weighted by molar-refractivity contribution is 8.00. The zero-order valence-electron chi connectivity index (χ0n) is 15.3. The van der Waals surface area contributed by atoms with Crippen LogP contribution < -0.4 is 5.32 Å². The Balaban J connectivity index is 1.86. The molecule has 0 aliphatic carbocycles. The Hall–Kier alpha value is -1.54. The first kappa shape index (κ1) is 20.8. The number of carbonyl (C=O) groups excluding carboxylic acids is 1. The van der Waals surface area contributed by atoms with E-state index in [0.29, 0.717) is 15.9 Å². The average Bonchev–Trinajstić information content (AvgIpc) is 2.91. The molecule has 1 atom stereocenters. The number of rotatable bonds is 7. The average molecular weight is 400 g/mol. The molecule has 1 amide bonds. The molecule has 2 rings (SSSR count). The van der Waals surface area contributed by atoms with Crippen LogP contribution in [-0.4, -0.2) is 16.1 Å². The summed E-state index contributed by atoms with van der Waals surface area (Å²) in [7, 11) is 0. The number of nitrogens with one attached hydrogen (secondary N) is 1. The first-order valence-corrected chi connectivity index (χ1v) is 10.1. The van der Waals surface area contributed by atoms with Crippen molar-refractivity contribution >= 4 is 34.1 Å². The van der Waals surface area contributed by atoms with Gasteiger partial charge in [-0.25, -0.2) is 8.78 Å². The van der Waals surface area contributed by atoms with Crippen LogP contribution in [0.15, 0.2) is 22.5 Å². The van der Waals surface area contributed by atoms with Gasteiger partial charge in [0.25, 0.3) is 0 Å². The van der Waals surface area contributed by atoms with Crippen LogP contribution in [-0.2, 0) is 10.5 Å². The molecule has 2 aromatic rings. The highest BCUT2D eigenvalue weighted by Gasteiger charge is 2.19. The van der Waals surface area contributed by atoms with Crippen LogP contribution in [0, 0.1) is 23.0 Å². The molecule has 1 aromatic carbocycles. The molecule has 1 heterocycles. The SMILES string of the molecule is C[C@H](CC(=O)Nc1nnc(SCc2c(F)cccc2F)s1)CC(C)(C)C. The van der Waals surface area contributed by atoms with E-state index in [0.717, 1.165) is 6.42 Å².